The van der Waals surface area contributed by atoms with Crippen LogP contribution in [0.1, 0.15) is 21.5 Å². The Hall–Kier alpha value is -2.26. The fourth-order valence-electron chi connectivity index (χ4n) is 3.00. The van der Waals surface area contributed by atoms with Gasteiger partial charge in [-0.05, 0) is 51.2 Å². The molecule has 3 rings (SSSR count). The van der Waals surface area contributed by atoms with Crippen molar-refractivity contribution in [3.63, 3.8) is 0 Å². The van der Waals surface area contributed by atoms with Crippen molar-refractivity contribution < 1.29 is 9.72 Å². The molecule has 0 spiro atoms. The third-order valence-electron chi connectivity index (χ3n) is 4.45. The first-order valence-electron chi connectivity index (χ1n) is 8.95. The van der Waals surface area contributed by atoms with E-state index in [-0.39, 0.29) is 28.7 Å². The van der Waals surface area contributed by atoms with Crippen molar-refractivity contribution in [1.29, 1.82) is 0 Å². The zero-order chi connectivity index (χ0) is 21.3. The van der Waals surface area contributed by atoms with Gasteiger partial charge in [-0.25, -0.2) is 4.98 Å². The van der Waals surface area contributed by atoms with E-state index in [1.54, 1.807) is 4.90 Å². The minimum Gasteiger partial charge on any atom is -0.308 e. The highest BCUT2D eigenvalue weighted by Gasteiger charge is 2.25. The van der Waals surface area contributed by atoms with Gasteiger partial charge in [-0.1, -0.05) is 29.0 Å². The third kappa shape index (κ3) is 5.07. The Balaban J connectivity index is 0.00000320. The van der Waals surface area contributed by atoms with Gasteiger partial charge in [0.1, 0.15) is 0 Å². The number of thiazole rings is 1. The van der Waals surface area contributed by atoms with E-state index in [1.165, 1.54) is 29.5 Å². The van der Waals surface area contributed by atoms with Crippen LogP contribution in [0, 0.1) is 24.0 Å². The van der Waals surface area contributed by atoms with Gasteiger partial charge in [0.2, 0.25) is 0 Å². The number of anilines is 1. The van der Waals surface area contributed by atoms with Gasteiger partial charge in [-0.3, -0.25) is 19.8 Å². The van der Waals surface area contributed by atoms with E-state index < -0.39 is 10.8 Å². The lowest BCUT2D eigenvalue weighted by Gasteiger charge is -2.22. The third-order valence-corrected chi connectivity index (χ3v) is 6.01. The van der Waals surface area contributed by atoms with E-state index >= 15 is 0 Å². The molecule has 1 heterocycles. The molecule has 10 heteroatoms. The summed E-state index contributed by atoms with van der Waals surface area (Å²) >= 11 is 7.65. The smallest absolute Gasteiger partial charge is 0.270 e. The maximum atomic E-state index is 13.3. The van der Waals surface area contributed by atoms with Gasteiger partial charge in [0, 0.05) is 25.2 Å². The second kappa shape index (κ2) is 9.70. The van der Waals surface area contributed by atoms with E-state index in [1.807, 2.05) is 38.9 Å². The molecule has 0 aliphatic carbocycles. The van der Waals surface area contributed by atoms with Crippen LogP contribution >= 0.6 is 35.3 Å². The predicted molar refractivity (Wildman–Crippen MR) is 125 cm³/mol. The first-order valence-corrected chi connectivity index (χ1v) is 10.1. The maximum absolute atomic E-state index is 13.3. The van der Waals surface area contributed by atoms with E-state index in [0.29, 0.717) is 18.2 Å². The number of nitro benzene ring substituents is 1. The van der Waals surface area contributed by atoms with E-state index in [9.17, 15) is 14.9 Å². The van der Waals surface area contributed by atoms with E-state index in [4.69, 9.17) is 11.6 Å². The SMILES string of the molecule is Cc1cc(C)c2sc(N(CCN(C)C)C(=O)c3cc([N+](=O)[O-])ccc3Cl)nc2c1.Cl. The lowest BCUT2D eigenvalue weighted by atomic mass is 10.1. The zero-order valence-electron chi connectivity index (χ0n) is 17.0. The van der Waals surface area contributed by atoms with Crippen molar-refractivity contribution in [2.24, 2.45) is 0 Å². The molecule has 0 fully saturated rings. The molecule has 0 aliphatic heterocycles. The highest BCUT2D eigenvalue weighted by Crippen LogP contribution is 2.34. The number of nitro groups is 1. The lowest BCUT2D eigenvalue weighted by molar-refractivity contribution is -0.384. The fraction of sp³-hybridized carbons (Fsp3) is 0.300. The van der Waals surface area contributed by atoms with Gasteiger partial charge in [0.25, 0.3) is 11.6 Å². The Morgan fingerprint density at radius 2 is 1.90 bits per heavy atom. The Kier molecular flexibility index (Phi) is 7.76. The molecular formula is C20H22Cl2N4O3S. The number of hydrogen-bond acceptors (Lipinski definition) is 6. The lowest BCUT2D eigenvalue weighted by Crippen LogP contribution is -2.37. The number of non-ortho nitro benzene ring substituents is 1. The summed E-state index contributed by atoms with van der Waals surface area (Å²) < 4.78 is 1.01. The Labute approximate surface area is 189 Å². The quantitative estimate of drug-likeness (QED) is 0.371. The fourth-order valence-corrected chi connectivity index (χ4v) is 4.24. The molecule has 0 atom stereocenters. The summed E-state index contributed by atoms with van der Waals surface area (Å²) in [6.07, 6.45) is 0. The van der Waals surface area contributed by atoms with Gasteiger partial charge < -0.3 is 4.90 Å². The molecule has 0 N–H and O–H groups in total. The summed E-state index contributed by atoms with van der Waals surface area (Å²) in [5.74, 6) is -0.408. The van der Waals surface area contributed by atoms with Gasteiger partial charge >= 0.3 is 0 Å². The Morgan fingerprint density at radius 1 is 1.20 bits per heavy atom. The Morgan fingerprint density at radius 3 is 2.53 bits per heavy atom. The number of fused-ring (bicyclic) bond motifs is 1. The summed E-state index contributed by atoms with van der Waals surface area (Å²) in [5, 5.41) is 11.9. The molecule has 0 aliphatic rings. The zero-order valence-corrected chi connectivity index (χ0v) is 19.4. The van der Waals surface area contributed by atoms with E-state index in [2.05, 4.69) is 11.1 Å². The average Bonchev–Trinajstić information content (AvgIpc) is 3.05. The number of hydrogen-bond donors (Lipinski definition) is 0. The minimum atomic E-state index is -0.541. The number of halogens is 2. The van der Waals surface area contributed by atoms with Crippen molar-refractivity contribution in [2.45, 2.75) is 13.8 Å². The first-order chi connectivity index (χ1) is 13.7. The number of carbonyl (C=O) groups excluding carboxylic acids is 1. The largest absolute Gasteiger partial charge is 0.308 e. The van der Waals surface area contributed by atoms with Crippen LogP contribution in [0.25, 0.3) is 10.2 Å². The van der Waals surface area contributed by atoms with Crippen LogP contribution < -0.4 is 4.90 Å². The van der Waals surface area contributed by atoms with Crippen molar-refractivity contribution in [3.05, 3.63) is 62.2 Å². The number of amides is 1. The number of benzene rings is 2. The second-order valence-electron chi connectivity index (χ2n) is 7.11. The molecule has 7 nitrogen and oxygen atoms in total. The summed E-state index contributed by atoms with van der Waals surface area (Å²) in [7, 11) is 3.82. The van der Waals surface area contributed by atoms with Crippen LogP contribution in [0.2, 0.25) is 5.02 Å². The molecular weight excluding hydrogens is 447 g/mol. The topological polar surface area (TPSA) is 79.6 Å². The molecule has 30 heavy (non-hydrogen) atoms. The van der Waals surface area contributed by atoms with Gasteiger partial charge in [-0.2, -0.15) is 0 Å². The molecule has 0 bridgehead atoms. The predicted octanol–water partition coefficient (Wildman–Crippen LogP) is 5.10. The number of aromatic nitrogens is 1. The highest BCUT2D eigenvalue weighted by atomic mass is 35.5. The first kappa shape index (κ1) is 24.0. The summed E-state index contributed by atoms with van der Waals surface area (Å²) in [5.41, 5.74) is 2.93. The monoisotopic (exact) mass is 468 g/mol. The summed E-state index contributed by atoms with van der Waals surface area (Å²) in [4.78, 5) is 32.1. The molecule has 0 radical (unpaired) electrons. The second-order valence-corrected chi connectivity index (χ2v) is 8.49. The van der Waals surface area contributed by atoms with Crippen LogP contribution in [-0.4, -0.2) is 47.9 Å². The van der Waals surface area contributed by atoms with Crippen LogP contribution in [-0.2, 0) is 0 Å². The molecule has 0 unspecified atom stereocenters. The molecule has 2 aromatic carbocycles. The number of nitrogens with zero attached hydrogens (tertiary/aromatic N) is 4. The molecule has 3 aromatic rings. The molecule has 1 amide bonds. The van der Waals surface area contributed by atoms with Crippen LogP contribution in [0.15, 0.2) is 30.3 Å². The number of rotatable bonds is 6. The number of likely N-dealkylation sites (N-methyl/N-ethyl adjacent to an activating group) is 1. The van der Waals surface area contributed by atoms with Gasteiger partial charge in [0.15, 0.2) is 5.13 Å². The normalized spacial score (nSPS) is 10.9. The van der Waals surface area contributed by atoms with Crippen molar-refractivity contribution in [1.82, 2.24) is 9.88 Å². The van der Waals surface area contributed by atoms with Gasteiger partial charge in [-0.15, -0.1) is 12.4 Å². The van der Waals surface area contributed by atoms with Crippen molar-refractivity contribution in [2.75, 3.05) is 32.1 Å². The maximum Gasteiger partial charge on any atom is 0.270 e. The van der Waals surface area contributed by atoms with Crippen LogP contribution in [0.5, 0.6) is 0 Å². The molecule has 0 saturated heterocycles. The van der Waals surface area contributed by atoms with Crippen LogP contribution in [0.4, 0.5) is 10.8 Å². The molecule has 0 saturated carbocycles. The Bertz CT molecular complexity index is 1100. The standard InChI is InChI=1S/C20H21ClN4O3S.ClH/c1-12-9-13(2)18-17(10-12)22-20(29-18)24(8-7-23(3)4)19(26)15-11-14(25(27)28)5-6-16(15)21;/h5-6,9-11H,7-8H2,1-4H3;1H. The summed E-state index contributed by atoms with van der Waals surface area (Å²) in [6.45, 7) is 5.00. The number of aryl methyl sites for hydroxylation is 2. The minimum absolute atomic E-state index is 0. The summed E-state index contributed by atoms with van der Waals surface area (Å²) in [6, 6.07) is 7.94. The molecule has 160 valence electrons. The van der Waals surface area contributed by atoms with E-state index in [0.717, 1.165) is 21.3 Å². The highest BCUT2D eigenvalue weighted by molar-refractivity contribution is 7.22. The van der Waals surface area contributed by atoms with Gasteiger partial charge in [0.05, 0.1) is 25.7 Å². The van der Waals surface area contributed by atoms with Crippen molar-refractivity contribution >= 4 is 62.3 Å². The average molecular weight is 469 g/mol. The van der Waals surface area contributed by atoms with Crippen LogP contribution in [0.3, 0.4) is 0 Å². The number of carbonyl (C=O) groups is 1. The molecule has 1 aromatic heterocycles. The van der Waals surface area contributed by atoms with Crippen molar-refractivity contribution in [3.8, 4) is 0 Å².